The van der Waals surface area contributed by atoms with Gasteiger partial charge >= 0.3 is 12.1 Å². The smallest absolute Gasteiger partial charge is 0.408 e. The van der Waals surface area contributed by atoms with Gasteiger partial charge in [-0.05, 0) is 46.5 Å². The van der Waals surface area contributed by atoms with Crippen molar-refractivity contribution in [3.63, 3.8) is 0 Å². The molecule has 2 aliphatic heterocycles. The van der Waals surface area contributed by atoms with Crippen molar-refractivity contribution in [2.45, 2.75) is 100.0 Å². The SMILES string of the molecule is CC(=O)O[C@@H]1C[C@H]2C(=O)N[C@]3(I)C[C@H]3/C=C\CCCCC[C@H](NC(=O)OC(C)(C)C)C(=O)N2C1. The van der Waals surface area contributed by atoms with E-state index < -0.39 is 35.9 Å². The number of carbonyl (C=O) groups excluding carboxylic acids is 4. The quantitative estimate of drug-likeness (QED) is 0.168. The van der Waals surface area contributed by atoms with Crippen LogP contribution in [-0.2, 0) is 23.9 Å². The van der Waals surface area contributed by atoms with Crippen molar-refractivity contribution < 1.29 is 28.7 Å². The zero-order chi connectivity index (χ0) is 25.1. The number of alkyl carbamates (subject to hydrolysis) is 1. The number of alkyl halides is 1. The average Bonchev–Trinajstić information content (AvgIpc) is 3.13. The van der Waals surface area contributed by atoms with Crippen molar-refractivity contribution in [3.05, 3.63) is 12.2 Å². The maximum absolute atomic E-state index is 13.6. The summed E-state index contributed by atoms with van der Waals surface area (Å²) >= 11 is 2.27. The van der Waals surface area contributed by atoms with Gasteiger partial charge in [0.2, 0.25) is 11.8 Å². The van der Waals surface area contributed by atoms with Crippen molar-refractivity contribution in [1.29, 1.82) is 0 Å². The first-order chi connectivity index (χ1) is 15.9. The Balaban J connectivity index is 1.83. The van der Waals surface area contributed by atoms with Crippen molar-refractivity contribution >= 4 is 46.5 Å². The molecule has 10 heteroatoms. The monoisotopic (exact) mass is 589 g/mol. The molecule has 34 heavy (non-hydrogen) atoms. The van der Waals surface area contributed by atoms with Gasteiger partial charge in [-0.25, -0.2) is 4.79 Å². The average molecular weight is 589 g/mol. The summed E-state index contributed by atoms with van der Waals surface area (Å²) in [6.07, 6.45) is 8.17. The van der Waals surface area contributed by atoms with Crippen LogP contribution < -0.4 is 10.6 Å². The molecule has 9 nitrogen and oxygen atoms in total. The summed E-state index contributed by atoms with van der Waals surface area (Å²) < 4.78 is 10.4. The molecule has 0 aromatic carbocycles. The molecule has 3 aliphatic rings. The molecule has 2 fully saturated rings. The minimum absolute atomic E-state index is 0.112. The lowest BCUT2D eigenvalue weighted by atomic mass is 10.0. The second kappa shape index (κ2) is 10.8. The Labute approximate surface area is 214 Å². The number of halogens is 1. The number of carbonyl (C=O) groups is 4. The summed E-state index contributed by atoms with van der Waals surface area (Å²) in [6.45, 7) is 6.70. The van der Waals surface area contributed by atoms with E-state index in [0.717, 1.165) is 32.1 Å². The van der Waals surface area contributed by atoms with Crippen LogP contribution in [0.15, 0.2) is 12.2 Å². The van der Waals surface area contributed by atoms with Crippen molar-refractivity contribution in [1.82, 2.24) is 15.5 Å². The second-order valence-corrected chi connectivity index (χ2v) is 12.3. The molecule has 1 saturated heterocycles. The molecule has 0 aromatic heterocycles. The third kappa shape index (κ3) is 7.32. The Morgan fingerprint density at radius 1 is 1.24 bits per heavy atom. The zero-order valence-corrected chi connectivity index (χ0v) is 22.6. The van der Waals surface area contributed by atoms with Gasteiger partial charge in [0.05, 0.1) is 10.1 Å². The van der Waals surface area contributed by atoms with E-state index in [2.05, 4.69) is 45.4 Å². The number of nitrogens with one attached hydrogen (secondary N) is 2. The van der Waals surface area contributed by atoms with E-state index in [9.17, 15) is 19.2 Å². The van der Waals surface area contributed by atoms with Crippen LogP contribution in [0.4, 0.5) is 4.79 Å². The van der Waals surface area contributed by atoms with Gasteiger partial charge in [-0.15, -0.1) is 0 Å². The summed E-state index contributed by atoms with van der Waals surface area (Å²) in [5.41, 5.74) is -0.703. The Morgan fingerprint density at radius 3 is 2.65 bits per heavy atom. The highest BCUT2D eigenvalue weighted by Crippen LogP contribution is 2.50. The van der Waals surface area contributed by atoms with Crippen LogP contribution in [0.1, 0.15) is 72.6 Å². The lowest BCUT2D eigenvalue weighted by Crippen LogP contribution is -2.55. The second-order valence-electron chi connectivity index (χ2n) is 10.4. The van der Waals surface area contributed by atoms with E-state index in [4.69, 9.17) is 9.47 Å². The van der Waals surface area contributed by atoms with Crippen LogP contribution in [0, 0.1) is 5.92 Å². The maximum atomic E-state index is 13.6. The summed E-state index contributed by atoms with van der Waals surface area (Å²) in [4.78, 5) is 52.4. The number of allylic oxidation sites excluding steroid dienone is 1. The molecule has 0 radical (unpaired) electrons. The first-order valence-corrected chi connectivity index (χ1v) is 13.1. The van der Waals surface area contributed by atoms with E-state index in [-0.39, 0.29) is 34.2 Å². The van der Waals surface area contributed by atoms with Crippen LogP contribution in [0.25, 0.3) is 0 Å². The van der Waals surface area contributed by atoms with Crippen LogP contribution in [0.5, 0.6) is 0 Å². The number of rotatable bonds is 2. The predicted molar refractivity (Wildman–Crippen MR) is 134 cm³/mol. The zero-order valence-electron chi connectivity index (χ0n) is 20.4. The van der Waals surface area contributed by atoms with Gasteiger partial charge in [0.15, 0.2) is 0 Å². The van der Waals surface area contributed by atoms with Crippen LogP contribution in [0.2, 0.25) is 0 Å². The molecule has 3 amide bonds. The molecule has 2 heterocycles. The van der Waals surface area contributed by atoms with Gasteiger partial charge in [-0.3, -0.25) is 14.4 Å². The number of amides is 3. The molecule has 3 rings (SSSR count). The van der Waals surface area contributed by atoms with Gasteiger partial charge in [-0.1, -0.05) is 47.6 Å². The van der Waals surface area contributed by atoms with Crippen LogP contribution in [-0.4, -0.2) is 62.7 Å². The molecule has 1 saturated carbocycles. The number of fused-ring (bicyclic) bond motifs is 2. The van der Waals surface area contributed by atoms with Crippen molar-refractivity contribution in [2.75, 3.05) is 6.54 Å². The molecule has 0 spiro atoms. The van der Waals surface area contributed by atoms with Gasteiger partial charge < -0.3 is 25.0 Å². The number of ether oxygens (including phenoxy) is 2. The first kappa shape index (κ1) is 26.7. The molecule has 190 valence electrons. The predicted octanol–water partition coefficient (Wildman–Crippen LogP) is 3.20. The Bertz CT molecular complexity index is 841. The maximum Gasteiger partial charge on any atom is 0.408 e. The molecule has 1 aliphatic carbocycles. The first-order valence-electron chi connectivity index (χ1n) is 12.0. The Kier molecular flexibility index (Phi) is 8.51. The van der Waals surface area contributed by atoms with Crippen LogP contribution >= 0.6 is 22.6 Å². The fourth-order valence-electron chi connectivity index (χ4n) is 4.48. The lowest BCUT2D eigenvalue weighted by Gasteiger charge is -2.30. The van der Waals surface area contributed by atoms with Crippen LogP contribution in [0.3, 0.4) is 0 Å². The largest absolute Gasteiger partial charge is 0.461 e. The molecule has 0 unspecified atom stereocenters. The van der Waals surface area contributed by atoms with Gasteiger partial charge in [-0.2, -0.15) is 0 Å². The molecule has 2 N–H and O–H groups in total. The summed E-state index contributed by atoms with van der Waals surface area (Å²) in [5, 5.41) is 5.82. The summed E-state index contributed by atoms with van der Waals surface area (Å²) in [7, 11) is 0. The Hall–Kier alpha value is -1.85. The van der Waals surface area contributed by atoms with E-state index >= 15 is 0 Å². The standard InChI is InChI=1S/C24H36IN3O6/c1-15(29)33-17-12-19-20(30)27-24(25)13-16(24)10-8-6-5-7-9-11-18(21(31)28(19)14-17)26-22(32)34-23(2,3)4/h8,10,16-19H,5-7,9,11-14H2,1-4H3,(H,26,32)(H,27,30)/b10-8-/t16-,17-,18+,19+,24-/m1/s1. The molecule has 0 aromatic rings. The van der Waals surface area contributed by atoms with Crippen molar-refractivity contribution in [3.8, 4) is 0 Å². The fraction of sp³-hybridized carbons (Fsp3) is 0.750. The van der Waals surface area contributed by atoms with E-state index in [1.54, 1.807) is 20.8 Å². The fourth-order valence-corrected chi connectivity index (χ4v) is 5.43. The highest BCUT2D eigenvalue weighted by molar-refractivity contribution is 14.1. The number of hydrogen-bond acceptors (Lipinski definition) is 6. The number of esters is 1. The third-order valence-electron chi connectivity index (χ3n) is 6.18. The normalized spacial score (nSPS) is 33.4. The van der Waals surface area contributed by atoms with Crippen molar-refractivity contribution in [2.24, 2.45) is 5.92 Å². The minimum atomic E-state index is -0.830. The summed E-state index contributed by atoms with van der Waals surface area (Å²) in [5.74, 6) is -0.817. The number of hydrogen-bond donors (Lipinski definition) is 2. The number of nitrogens with zero attached hydrogens (tertiary/aromatic N) is 1. The van der Waals surface area contributed by atoms with E-state index in [1.165, 1.54) is 11.8 Å². The molecular weight excluding hydrogens is 553 g/mol. The third-order valence-corrected chi connectivity index (χ3v) is 7.69. The van der Waals surface area contributed by atoms with Gasteiger partial charge in [0.1, 0.15) is 23.8 Å². The lowest BCUT2D eigenvalue weighted by molar-refractivity contribution is -0.146. The molecule has 5 atom stereocenters. The Morgan fingerprint density at radius 2 is 1.97 bits per heavy atom. The highest BCUT2D eigenvalue weighted by Gasteiger charge is 2.54. The molecular formula is C24H36IN3O6. The van der Waals surface area contributed by atoms with Gasteiger partial charge in [0, 0.05) is 19.3 Å². The van der Waals surface area contributed by atoms with Gasteiger partial charge in [0.25, 0.3) is 0 Å². The topological polar surface area (TPSA) is 114 Å². The van der Waals surface area contributed by atoms with E-state index in [0.29, 0.717) is 6.42 Å². The highest BCUT2D eigenvalue weighted by atomic mass is 127. The summed E-state index contributed by atoms with van der Waals surface area (Å²) in [6, 6.07) is -1.61. The van der Waals surface area contributed by atoms with E-state index in [1.807, 2.05) is 0 Å². The minimum Gasteiger partial charge on any atom is -0.461 e. The molecule has 0 bridgehead atoms.